The first kappa shape index (κ1) is 32.5. The highest BCUT2D eigenvalue weighted by Crippen LogP contribution is 2.38. The van der Waals surface area contributed by atoms with Gasteiger partial charge in [-0.25, -0.2) is 14.2 Å². The molecular weight excluding hydrogens is 621 g/mol. The number of thiazole rings is 1. The number of halogens is 1. The average Bonchev–Trinajstić information content (AvgIpc) is 3.70. The first-order valence-corrected chi connectivity index (χ1v) is 16.6. The zero-order valence-corrected chi connectivity index (χ0v) is 27.6. The predicted molar refractivity (Wildman–Crippen MR) is 177 cm³/mol. The Morgan fingerprint density at radius 2 is 1.94 bits per heavy atom. The van der Waals surface area contributed by atoms with Crippen LogP contribution in [0.15, 0.2) is 70.3 Å². The number of nitrogens with zero attached hydrogens (tertiary/aromatic N) is 4. The first-order valence-electron chi connectivity index (χ1n) is 15.8. The van der Waals surface area contributed by atoms with Crippen LogP contribution in [0.2, 0.25) is 0 Å². The van der Waals surface area contributed by atoms with Crippen molar-refractivity contribution in [2.45, 2.75) is 45.6 Å². The topological polar surface area (TPSA) is 124 Å². The number of piperidine rings is 1. The molecule has 2 N–H and O–H groups in total. The Bertz CT molecular complexity index is 1750. The second-order valence-corrected chi connectivity index (χ2v) is 13.6. The molecule has 6 rings (SSSR count). The molecule has 2 aromatic carbocycles. The lowest BCUT2D eigenvalue weighted by atomic mass is 9.85. The van der Waals surface area contributed by atoms with Crippen molar-refractivity contribution in [3.05, 3.63) is 92.8 Å². The number of esters is 1. The van der Waals surface area contributed by atoms with Crippen LogP contribution in [0.3, 0.4) is 0 Å². The normalized spacial score (nSPS) is 21.7. The molecule has 47 heavy (non-hydrogen) atoms. The monoisotopic (exact) mass is 659 g/mol. The molecule has 0 spiro atoms. The summed E-state index contributed by atoms with van der Waals surface area (Å²) < 4.78 is 20.3. The smallest absolute Gasteiger partial charge is 0.338 e. The van der Waals surface area contributed by atoms with Crippen molar-refractivity contribution in [1.82, 2.24) is 15.2 Å². The number of hydrogen-bond donors (Lipinski definition) is 2. The van der Waals surface area contributed by atoms with E-state index in [1.54, 1.807) is 63.1 Å². The zero-order chi connectivity index (χ0) is 33.5. The van der Waals surface area contributed by atoms with Gasteiger partial charge in [-0.05, 0) is 75.5 Å². The van der Waals surface area contributed by atoms with Gasteiger partial charge in [-0.2, -0.15) is 0 Å². The molecule has 0 bridgehead atoms. The third-order valence-corrected chi connectivity index (χ3v) is 10.3. The summed E-state index contributed by atoms with van der Waals surface area (Å²) in [5.74, 6) is -1.30. The van der Waals surface area contributed by atoms with E-state index in [9.17, 15) is 23.9 Å². The molecule has 3 aliphatic rings. The number of nitrogens with one attached hydrogen (secondary N) is 1. The lowest BCUT2D eigenvalue weighted by Crippen LogP contribution is -2.45. The fourth-order valence-electron chi connectivity index (χ4n) is 6.69. The van der Waals surface area contributed by atoms with Gasteiger partial charge in [-0.3, -0.25) is 19.5 Å². The second-order valence-electron chi connectivity index (χ2n) is 12.7. The van der Waals surface area contributed by atoms with E-state index in [-0.39, 0.29) is 30.2 Å². The number of amides is 1. The molecule has 0 radical (unpaired) electrons. The number of hydrogen-bond acceptors (Lipinski definition) is 9. The summed E-state index contributed by atoms with van der Waals surface area (Å²) in [6, 6.07) is 11.2. The lowest BCUT2D eigenvalue weighted by molar-refractivity contribution is -0.142. The molecule has 3 aliphatic heterocycles. The molecule has 1 amide bonds. The molecule has 2 saturated heterocycles. The zero-order valence-electron chi connectivity index (χ0n) is 26.8. The number of likely N-dealkylation sites (tertiary alicyclic amines) is 1. The number of ether oxygens (including phenoxy) is 1. The number of carbonyl (C=O) groups is 3. The number of amidine groups is 1. The molecule has 4 heterocycles. The molecule has 0 saturated carbocycles. The molecule has 246 valence electrons. The maximum absolute atomic E-state index is 14.8. The molecule has 1 aromatic heterocycles. The Balaban J connectivity index is 1.27. The number of carboxylic acids is 1. The minimum absolute atomic E-state index is 0.0648. The van der Waals surface area contributed by atoms with E-state index in [0.717, 1.165) is 5.69 Å². The number of aliphatic carboxylic acids is 1. The van der Waals surface area contributed by atoms with Crippen LogP contribution in [0.5, 0.6) is 0 Å². The number of fused-ring (bicyclic) bond motifs is 1. The fourth-order valence-corrected chi connectivity index (χ4v) is 7.28. The van der Waals surface area contributed by atoms with Crippen LogP contribution < -0.4 is 10.2 Å². The van der Waals surface area contributed by atoms with Crippen LogP contribution in [-0.4, -0.2) is 71.5 Å². The van der Waals surface area contributed by atoms with Crippen molar-refractivity contribution in [3.63, 3.8) is 0 Å². The van der Waals surface area contributed by atoms with Gasteiger partial charge in [0.2, 0.25) is 5.91 Å². The maximum Gasteiger partial charge on any atom is 0.338 e. The highest BCUT2D eigenvalue weighted by atomic mass is 32.1. The summed E-state index contributed by atoms with van der Waals surface area (Å²) in [6.07, 6.45) is 2.34. The lowest BCUT2D eigenvalue weighted by Gasteiger charge is -2.36. The van der Waals surface area contributed by atoms with E-state index in [1.807, 2.05) is 17.5 Å². The number of anilines is 1. The number of carboxylic acid groups (broad SMARTS) is 1. The summed E-state index contributed by atoms with van der Waals surface area (Å²) in [5, 5.41) is 15.5. The Morgan fingerprint density at radius 1 is 1.17 bits per heavy atom. The van der Waals surface area contributed by atoms with Crippen LogP contribution >= 0.6 is 11.3 Å². The Hall–Kier alpha value is -4.42. The summed E-state index contributed by atoms with van der Waals surface area (Å²) in [5.41, 5.74) is 2.32. The van der Waals surface area contributed by atoms with Gasteiger partial charge in [0.1, 0.15) is 11.9 Å². The number of rotatable bonds is 9. The van der Waals surface area contributed by atoms with Crippen molar-refractivity contribution in [1.29, 1.82) is 0 Å². The predicted octanol–water partition coefficient (Wildman–Crippen LogP) is 4.85. The largest absolute Gasteiger partial charge is 0.481 e. The van der Waals surface area contributed by atoms with Crippen LogP contribution in [0, 0.1) is 24.6 Å². The van der Waals surface area contributed by atoms with Crippen LogP contribution in [-0.2, 0) is 24.5 Å². The summed E-state index contributed by atoms with van der Waals surface area (Å²) in [7, 11) is 0. The van der Waals surface area contributed by atoms with Crippen molar-refractivity contribution >= 4 is 40.7 Å². The number of aromatic nitrogens is 1. The summed E-state index contributed by atoms with van der Waals surface area (Å²) in [4.78, 5) is 52.2. The van der Waals surface area contributed by atoms with Crippen LogP contribution in [0.25, 0.3) is 0 Å². The highest BCUT2D eigenvalue weighted by molar-refractivity contribution is 7.11. The molecular formula is C35H38FN5O5S. The van der Waals surface area contributed by atoms with Crippen LogP contribution in [0.1, 0.15) is 54.9 Å². The van der Waals surface area contributed by atoms with E-state index >= 15 is 0 Å². The van der Waals surface area contributed by atoms with Gasteiger partial charge in [0, 0.05) is 54.4 Å². The van der Waals surface area contributed by atoms with Gasteiger partial charge in [0.25, 0.3) is 0 Å². The minimum Gasteiger partial charge on any atom is -0.481 e. The molecule has 10 nitrogen and oxygen atoms in total. The van der Waals surface area contributed by atoms with E-state index in [4.69, 9.17) is 9.73 Å². The fraction of sp³-hybridized carbons (Fsp3) is 0.400. The van der Waals surface area contributed by atoms with E-state index in [0.29, 0.717) is 71.4 Å². The van der Waals surface area contributed by atoms with Crippen molar-refractivity contribution in [2.75, 3.05) is 37.7 Å². The number of benzene rings is 2. The Labute approximate surface area is 277 Å². The summed E-state index contributed by atoms with van der Waals surface area (Å²) in [6.45, 7) is 9.10. The number of carbonyl (C=O) groups excluding carboxylic acids is 2. The molecule has 2 fully saturated rings. The molecule has 3 atom stereocenters. The minimum atomic E-state index is -1.04. The van der Waals surface area contributed by atoms with Gasteiger partial charge < -0.3 is 20.1 Å². The Kier molecular flexibility index (Phi) is 8.99. The first-order chi connectivity index (χ1) is 22.5. The molecule has 12 heteroatoms. The number of aliphatic imine (C=N–C) groups is 1. The van der Waals surface area contributed by atoms with Crippen molar-refractivity contribution < 1.29 is 28.6 Å². The van der Waals surface area contributed by atoms with Gasteiger partial charge >= 0.3 is 11.9 Å². The average molecular weight is 660 g/mol. The Morgan fingerprint density at radius 3 is 2.62 bits per heavy atom. The van der Waals surface area contributed by atoms with E-state index in [1.165, 1.54) is 17.4 Å². The standard InChI is InChI=1S/C35H38FN5O5S/c1-5-46-33(43)28-27(38-30(31-37-14-16-47-31)39-29(28)24-7-6-8-26(36)20(24)2)19-40-15-13-25-21(17-40)18-41(32(25)42)23-11-9-22(10-12-23)35(3,4)34(44)45/h6-12,14,16,21,25,29H,5,13,15,17-19H2,1-4H3,(H,38,39)(H,44,45)/t21-,25-,29?/m0/s1. The third kappa shape index (κ3) is 6.19. The molecule has 1 unspecified atom stereocenters. The van der Waals surface area contributed by atoms with E-state index in [2.05, 4.69) is 15.2 Å². The quantitative estimate of drug-likeness (QED) is 0.313. The molecule has 3 aromatic rings. The molecule has 0 aliphatic carbocycles. The van der Waals surface area contributed by atoms with Crippen LogP contribution in [0.4, 0.5) is 10.1 Å². The highest BCUT2D eigenvalue weighted by Gasteiger charge is 2.45. The van der Waals surface area contributed by atoms with Crippen molar-refractivity contribution in [2.24, 2.45) is 16.8 Å². The second kappa shape index (κ2) is 13.0. The van der Waals surface area contributed by atoms with Crippen molar-refractivity contribution in [3.8, 4) is 0 Å². The SMILES string of the molecule is CCOC(=O)C1=C(CN2CC[C@@H]3C(=O)N(c4ccc(C(C)(C)C(=O)O)cc4)C[C@@H]3C2)NC(c2nccs2)=NC1c1cccc(F)c1C. The third-order valence-electron chi connectivity index (χ3n) is 9.50. The van der Waals surface area contributed by atoms with Gasteiger partial charge in [0.05, 0.1) is 17.6 Å². The van der Waals surface area contributed by atoms with Gasteiger partial charge in [-0.1, -0.05) is 24.3 Å². The summed E-state index contributed by atoms with van der Waals surface area (Å²) >= 11 is 1.41. The van der Waals surface area contributed by atoms with Gasteiger partial charge in [0.15, 0.2) is 10.8 Å². The van der Waals surface area contributed by atoms with Gasteiger partial charge in [-0.15, -0.1) is 11.3 Å². The maximum atomic E-state index is 14.8. The van der Waals surface area contributed by atoms with E-state index < -0.39 is 23.4 Å².